The van der Waals surface area contributed by atoms with Crippen molar-refractivity contribution in [3.8, 4) is 0 Å². The first-order valence-electron chi connectivity index (χ1n) is 7.11. The molecule has 1 amide bonds. The number of carbonyl (C=O) groups is 1. The van der Waals surface area contributed by atoms with E-state index >= 15 is 0 Å². The highest BCUT2D eigenvalue weighted by Gasteiger charge is 2.47. The molecule has 1 aliphatic heterocycles. The standard InChI is InChI=1S/C15H19FN2O2/c16-13-5-2-1-4-12(13)15(7-3-8-15)18-9-6-11(10-18)17-14(19)20/h1-2,4-5,11,17H,3,6-10H2,(H,19,20)/t11-/m0/s1. The molecule has 1 aliphatic carbocycles. The number of rotatable bonds is 3. The Hall–Kier alpha value is -1.62. The van der Waals surface area contributed by atoms with Gasteiger partial charge in [-0.25, -0.2) is 9.18 Å². The van der Waals surface area contributed by atoms with Crippen LogP contribution in [-0.4, -0.2) is 35.2 Å². The lowest BCUT2D eigenvalue weighted by Gasteiger charge is -2.49. The van der Waals surface area contributed by atoms with Crippen LogP contribution in [0.1, 0.15) is 31.2 Å². The predicted octanol–water partition coefficient (Wildman–Crippen LogP) is 2.55. The summed E-state index contributed by atoms with van der Waals surface area (Å²) in [6, 6.07) is 6.92. The molecule has 1 aromatic rings. The van der Waals surface area contributed by atoms with Crippen molar-refractivity contribution in [2.75, 3.05) is 13.1 Å². The van der Waals surface area contributed by atoms with Gasteiger partial charge in [0.05, 0.1) is 0 Å². The number of hydrogen-bond acceptors (Lipinski definition) is 2. The van der Waals surface area contributed by atoms with Crippen molar-refractivity contribution in [1.29, 1.82) is 0 Å². The molecule has 0 radical (unpaired) electrons. The molecule has 108 valence electrons. The quantitative estimate of drug-likeness (QED) is 0.893. The molecule has 1 aromatic carbocycles. The predicted molar refractivity (Wildman–Crippen MR) is 73.1 cm³/mol. The summed E-state index contributed by atoms with van der Waals surface area (Å²) >= 11 is 0. The van der Waals surface area contributed by atoms with Crippen molar-refractivity contribution in [2.45, 2.75) is 37.3 Å². The SMILES string of the molecule is O=C(O)N[C@H]1CCN(C2(c3ccccc3F)CCC2)C1. The van der Waals surface area contributed by atoms with Gasteiger partial charge in [-0.15, -0.1) is 0 Å². The van der Waals surface area contributed by atoms with Crippen LogP contribution < -0.4 is 5.32 Å². The fourth-order valence-corrected chi connectivity index (χ4v) is 3.55. The minimum absolute atomic E-state index is 0.0447. The lowest BCUT2D eigenvalue weighted by atomic mass is 9.70. The van der Waals surface area contributed by atoms with Gasteiger partial charge in [-0.2, -0.15) is 0 Å². The Morgan fingerprint density at radius 1 is 1.40 bits per heavy atom. The average Bonchev–Trinajstić information content (AvgIpc) is 2.78. The van der Waals surface area contributed by atoms with Gasteiger partial charge in [0.1, 0.15) is 5.82 Å². The highest BCUT2D eigenvalue weighted by molar-refractivity contribution is 5.64. The molecule has 0 spiro atoms. The van der Waals surface area contributed by atoms with Gasteiger partial charge in [0, 0.05) is 30.2 Å². The Labute approximate surface area is 117 Å². The van der Waals surface area contributed by atoms with Crippen molar-refractivity contribution in [3.63, 3.8) is 0 Å². The Balaban J connectivity index is 1.81. The van der Waals surface area contributed by atoms with Gasteiger partial charge in [-0.3, -0.25) is 4.90 Å². The second-order valence-corrected chi connectivity index (χ2v) is 5.75. The molecule has 0 bridgehead atoms. The van der Waals surface area contributed by atoms with E-state index in [4.69, 9.17) is 5.11 Å². The van der Waals surface area contributed by atoms with Gasteiger partial charge in [-0.1, -0.05) is 18.2 Å². The van der Waals surface area contributed by atoms with Crippen LogP contribution in [-0.2, 0) is 5.54 Å². The molecule has 5 heteroatoms. The molecule has 1 saturated carbocycles. The zero-order chi connectivity index (χ0) is 14.2. The van der Waals surface area contributed by atoms with Gasteiger partial charge in [0.25, 0.3) is 0 Å². The van der Waals surface area contributed by atoms with E-state index in [1.54, 1.807) is 6.07 Å². The molecule has 2 aliphatic rings. The summed E-state index contributed by atoms with van der Waals surface area (Å²) in [6.07, 6.45) is 2.82. The summed E-state index contributed by atoms with van der Waals surface area (Å²) in [6.45, 7) is 1.49. The number of nitrogens with one attached hydrogen (secondary N) is 1. The van der Waals surface area contributed by atoms with E-state index in [1.807, 2.05) is 12.1 Å². The molecule has 0 unspecified atom stereocenters. The first kappa shape index (κ1) is 13.4. The monoisotopic (exact) mass is 278 g/mol. The smallest absolute Gasteiger partial charge is 0.404 e. The van der Waals surface area contributed by atoms with Gasteiger partial charge in [0.15, 0.2) is 0 Å². The lowest BCUT2D eigenvalue weighted by molar-refractivity contribution is 0.0272. The van der Waals surface area contributed by atoms with Crippen LogP contribution in [0.25, 0.3) is 0 Å². The first-order valence-corrected chi connectivity index (χ1v) is 7.11. The highest BCUT2D eigenvalue weighted by Crippen LogP contribution is 2.48. The van der Waals surface area contributed by atoms with Crippen LogP contribution in [0, 0.1) is 5.82 Å². The zero-order valence-corrected chi connectivity index (χ0v) is 11.3. The summed E-state index contributed by atoms with van der Waals surface area (Å²) in [7, 11) is 0. The maximum absolute atomic E-state index is 14.1. The number of amides is 1. The number of benzene rings is 1. The molecule has 3 rings (SSSR count). The summed E-state index contributed by atoms with van der Waals surface area (Å²) < 4.78 is 14.1. The van der Waals surface area contributed by atoms with Crippen molar-refractivity contribution in [2.24, 2.45) is 0 Å². The fourth-order valence-electron chi connectivity index (χ4n) is 3.55. The van der Waals surface area contributed by atoms with Crippen molar-refractivity contribution in [3.05, 3.63) is 35.6 Å². The molecular weight excluding hydrogens is 259 g/mol. The van der Waals surface area contributed by atoms with Crippen molar-refractivity contribution in [1.82, 2.24) is 10.2 Å². The molecule has 1 saturated heterocycles. The average molecular weight is 278 g/mol. The van der Waals surface area contributed by atoms with Gasteiger partial charge >= 0.3 is 6.09 Å². The third kappa shape index (κ3) is 2.16. The van der Waals surface area contributed by atoms with E-state index in [2.05, 4.69) is 10.2 Å². The third-order valence-electron chi connectivity index (χ3n) is 4.68. The minimum Gasteiger partial charge on any atom is -0.465 e. The van der Waals surface area contributed by atoms with Gasteiger partial charge in [-0.05, 0) is 31.7 Å². The maximum atomic E-state index is 14.1. The van der Waals surface area contributed by atoms with E-state index < -0.39 is 6.09 Å². The third-order valence-corrected chi connectivity index (χ3v) is 4.68. The molecular formula is C15H19FN2O2. The Morgan fingerprint density at radius 3 is 2.75 bits per heavy atom. The van der Waals surface area contributed by atoms with E-state index in [0.29, 0.717) is 6.54 Å². The lowest BCUT2D eigenvalue weighted by Crippen LogP contribution is -2.51. The van der Waals surface area contributed by atoms with Crippen molar-refractivity contribution >= 4 is 6.09 Å². The summed E-state index contributed by atoms with van der Waals surface area (Å²) in [5, 5.41) is 11.3. The summed E-state index contributed by atoms with van der Waals surface area (Å²) in [4.78, 5) is 13.0. The second kappa shape index (κ2) is 5.05. The molecule has 1 atom stereocenters. The normalized spacial score (nSPS) is 25.1. The van der Waals surface area contributed by atoms with E-state index in [0.717, 1.165) is 37.8 Å². The maximum Gasteiger partial charge on any atom is 0.404 e. The molecule has 20 heavy (non-hydrogen) atoms. The first-order chi connectivity index (χ1) is 9.62. The number of halogens is 1. The molecule has 4 nitrogen and oxygen atoms in total. The number of carboxylic acid groups (broad SMARTS) is 1. The van der Waals surface area contributed by atoms with E-state index in [9.17, 15) is 9.18 Å². The number of likely N-dealkylation sites (tertiary alicyclic amines) is 1. The van der Waals surface area contributed by atoms with Crippen LogP contribution in [0.3, 0.4) is 0 Å². The number of nitrogens with zero attached hydrogens (tertiary/aromatic N) is 1. The molecule has 2 N–H and O–H groups in total. The minimum atomic E-state index is -0.981. The van der Waals surface area contributed by atoms with Crippen LogP contribution in [0.5, 0.6) is 0 Å². The Morgan fingerprint density at radius 2 is 2.15 bits per heavy atom. The van der Waals surface area contributed by atoms with Crippen LogP contribution in [0.4, 0.5) is 9.18 Å². The van der Waals surface area contributed by atoms with E-state index in [-0.39, 0.29) is 17.4 Å². The van der Waals surface area contributed by atoms with Crippen LogP contribution >= 0.6 is 0 Å². The van der Waals surface area contributed by atoms with Gasteiger partial charge in [0.2, 0.25) is 0 Å². The van der Waals surface area contributed by atoms with Crippen LogP contribution in [0.15, 0.2) is 24.3 Å². The summed E-state index contributed by atoms with van der Waals surface area (Å²) in [5.41, 5.74) is 0.544. The highest BCUT2D eigenvalue weighted by atomic mass is 19.1. The van der Waals surface area contributed by atoms with E-state index in [1.165, 1.54) is 6.07 Å². The van der Waals surface area contributed by atoms with Crippen LogP contribution in [0.2, 0.25) is 0 Å². The molecule has 0 aromatic heterocycles. The largest absolute Gasteiger partial charge is 0.465 e. The van der Waals surface area contributed by atoms with Crippen molar-refractivity contribution < 1.29 is 14.3 Å². The van der Waals surface area contributed by atoms with Gasteiger partial charge < -0.3 is 10.4 Å². The topological polar surface area (TPSA) is 52.6 Å². The fraction of sp³-hybridized carbons (Fsp3) is 0.533. The zero-order valence-electron chi connectivity index (χ0n) is 11.3. The molecule has 2 fully saturated rings. The second-order valence-electron chi connectivity index (χ2n) is 5.75. The summed E-state index contributed by atoms with van der Waals surface area (Å²) in [5.74, 6) is -0.151. The number of hydrogen-bond donors (Lipinski definition) is 2. The molecule has 1 heterocycles. The Bertz CT molecular complexity index is 516. The Kier molecular flexibility index (Phi) is 3.38.